The smallest absolute Gasteiger partial charge is 0.247 e. The van der Waals surface area contributed by atoms with Gasteiger partial charge in [0.15, 0.2) is 0 Å². The van der Waals surface area contributed by atoms with Gasteiger partial charge in [0.1, 0.15) is 23.1 Å². The fourth-order valence-electron chi connectivity index (χ4n) is 5.45. The molecule has 2 fully saturated rings. The number of carbonyl (C=O) groups excluding carboxylic acids is 2. The highest BCUT2D eigenvalue weighted by atomic mass is 16.5. The molecule has 150 valence electrons. The van der Waals surface area contributed by atoms with Crippen molar-refractivity contribution in [3.05, 3.63) is 59.7 Å². The number of benzene rings is 2. The van der Waals surface area contributed by atoms with E-state index in [-0.39, 0.29) is 29.7 Å². The molecule has 6 heteroatoms. The summed E-state index contributed by atoms with van der Waals surface area (Å²) in [5.41, 5.74) is 0.953. The van der Waals surface area contributed by atoms with Gasteiger partial charge in [0.2, 0.25) is 11.8 Å². The van der Waals surface area contributed by atoms with E-state index in [4.69, 9.17) is 9.47 Å². The number of methoxy groups -OCH3 is 1. The second-order valence-corrected chi connectivity index (χ2v) is 8.26. The number of rotatable bonds is 2. The van der Waals surface area contributed by atoms with Gasteiger partial charge in [0.05, 0.1) is 19.8 Å². The lowest BCUT2D eigenvalue weighted by atomic mass is 9.73. The minimum Gasteiger partial charge on any atom is -0.497 e. The highest BCUT2D eigenvalue weighted by molar-refractivity contribution is 6.01. The van der Waals surface area contributed by atoms with Crippen LogP contribution in [0.25, 0.3) is 0 Å². The zero-order valence-electron chi connectivity index (χ0n) is 16.7. The summed E-state index contributed by atoms with van der Waals surface area (Å²) in [6.45, 7) is 4.09. The second-order valence-electron chi connectivity index (χ2n) is 8.26. The van der Waals surface area contributed by atoms with Gasteiger partial charge in [0.25, 0.3) is 0 Å². The Kier molecular flexibility index (Phi) is 3.88. The first-order chi connectivity index (χ1) is 14.0. The maximum atomic E-state index is 13.4. The quantitative estimate of drug-likeness (QED) is 0.853. The lowest BCUT2D eigenvalue weighted by Gasteiger charge is -2.45. The van der Waals surface area contributed by atoms with Crippen LogP contribution in [-0.4, -0.2) is 42.0 Å². The standard InChI is InChI=1S/C23H24N2O4/c1-13-21(26)25-20-16-11-15(28-3)9-10-18(16)29-12-17(20)19(14-7-5-4-6-8-14)23(25,2)22(27)24-13/h4-11,13,17,19-20H,12H2,1-3H3,(H,24,27)/t13-,17+,19-,20-,23+/m0/s1. The lowest BCUT2D eigenvalue weighted by molar-refractivity contribution is -0.156. The molecule has 3 aliphatic heterocycles. The van der Waals surface area contributed by atoms with E-state index in [1.807, 2.05) is 60.4 Å². The molecule has 0 bridgehead atoms. The van der Waals surface area contributed by atoms with Gasteiger partial charge in [0, 0.05) is 17.4 Å². The number of ether oxygens (including phenoxy) is 2. The number of nitrogens with zero attached hydrogens (tertiary/aromatic N) is 1. The molecular formula is C23H24N2O4. The Balaban J connectivity index is 1.74. The van der Waals surface area contributed by atoms with Gasteiger partial charge >= 0.3 is 0 Å². The van der Waals surface area contributed by atoms with Crippen LogP contribution in [0.15, 0.2) is 48.5 Å². The SMILES string of the molecule is COc1ccc2c(c1)[C@H]1[C@H](CO2)[C@H](c2ccccc2)[C@]2(C)C(=O)N[C@@H](C)C(=O)N12. The molecule has 2 aromatic carbocycles. The van der Waals surface area contributed by atoms with Gasteiger partial charge in [-0.1, -0.05) is 30.3 Å². The number of hydrogen-bond acceptors (Lipinski definition) is 4. The third kappa shape index (κ3) is 2.35. The van der Waals surface area contributed by atoms with Crippen molar-refractivity contribution in [2.75, 3.05) is 13.7 Å². The number of nitrogens with one attached hydrogen (secondary N) is 1. The molecule has 0 spiro atoms. The Morgan fingerprint density at radius 3 is 2.66 bits per heavy atom. The highest BCUT2D eigenvalue weighted by Crippen LogP contribution is 2.59. The van der Waals surface area contributed by atoms with E-state index < -0.39 is 11.6 Å². The van der Waals surface area contributed by atoms with Crippen molar-refractivity contribution < 1.29 is 19.1 Å². The minimum absolute atomic E-state index is 0.0398. The Morgan fingerprint density at radius 1 is 1.17 bits per heavy atom. The van der Waals surface area contributed by atoms with Crippen LogP contribution in [0.4, 0.5) is 0 Å². The molecule has 2 amide bonds. The van der Waals surface area contributed by atoms with Gasteiger partial charge in [-0.3, -0.25) is 9.59 Å². The fraction of sp³-hybridized carbons (Fsp3) is 0.391. The number of amides is 2. The monoisotopic (exact) mass is 392 g/mol. The van der Waals surface area contributed by atoms with Gasteiger partial charge in [-0.15, -0.1) is 0 Å². The van der Waals surface area contributed by atoms with Crippen molar-refractivity contribution in [1.82, 2.24) is 10.2 Å². The van der Waals surface area contributed by atoms with Crippen molar-refractivity contribution in [1.29, 1.82) is 0 Å². The lowest BCUT2D eigenvalue weighted by Crippen LogP contribution is -2.68. The summed E-state index contributed by atoms with van der Waals surface area (Å²) in [7, 11) is 1.62. The van der Waals surface area contributed by atoms with Crippen LogP contribution in [0, 0.1) is 5.92 Å². The van der Waals surface area contributed by atoms with Crippen LogP contribution in [-0.2, 0) is 9.59 Å². The third-order valence-electron chi connectivity index (χ3n) is 6.76. The summed E-state index contributed by atoms with van der Waals surface area (Å²) >= 11 is 0. The summed E-state index contributed by atoms with van der Waals surface area (Å²) in [6.07, 6.45) is 0. The molecule has 5 atom stereocenters. The first-order valence-electron chi connectivity index (χ1n) is 9.96. The van der Waals surface area contributed by atoms with E-state index in [0.717, 1.165) is 16.9 Å². The normalized spacial score (nSPS) is 32.6. The molecule has 0 aliphatic carbocycles. The number of hydrogen-bond donors (Lipinski definition) is 1. The summed E-state index contributed by atoms with van der Waals surface area (Å²) in [4.78, 5) is 28.6. The van der Waals surface area contributed by atoms with Crippen LogP contribution >= 0.6 is 0 Å². The molecule has 0 aromatic heterocycles. The van der Waals surface area contributed by atoms with Gasteiger partial charge in [-0.25, -0.2) is 0 Å². The van der Waals surface area contributed by atoms with Crippen molar-refractivity contribution >= 4 is 11.8 Å². The molecule has 6 nitrogen and oxygen atoms in total. The molecule has 0 saturated carbocycles. The topological polar surface area (TPSA) is 67.9 Å². The molecule has 2 aromatic rings. The highest BCUT2D eigenvalue weighted by Gasteiger charge is 2.66. The Morgan fingerprint density at radius 2 is 1.93 bits per heavy atom. The first kappa shape index (κ1) is 18.0. The third-order valence-corrected chi connectivity index (χ3v) is 6.76. The number of piperazine rings is 1. The number of carbonyl (C=O) groups is 2. The van der Waals surface area contributed by atoms with Crippen molar-refractivity contribution in [2.45, 2.75) is 37.4 Å². The molecule has 3 heterocycles. The van der Waals surface area contributed by atoms with Crippen LogP contribution in [0.3, 0.4) is 0 Å². The predicted molar refractivity (Wildman–Crippen MR) is 107 cm³/mol. The molecule has 29 heavy (non-hydrogen) atoms. The van der Waals surface area contributed by atoms with E-state index in [1.54, 1.807) is 14.0 Å². The molecule has 0 radical (unpaired) electrons. The predicted octanol–water partition coefficient (Wildman–Crippen LogP) is 2.65. The van der Waals surface area contributed by atoms with E-state index >= 15 is 0 Å². The zero-order chi connectivity index (χ0) is 20.3. The summed E-state index contributed by atoms with van der Waals surface area (Å²) in [6, 6.07) is 14.9. The van der Waals surface area contributed by atoms with Gasteiger partial charge in [-0.2, -0.15) is 0 Å². The molecular weight excluding hydrogens is 368 g/mol. The van der Waals surface area contributed by atoms with Crippen molar-refractivity contribution in [3.63, 3.8) is 0 Å². The van der Waals surface area contributed by atoms with E-state index in [0.29, 0.717) is 12.4 Å². The van der Waals surface area contributed by atoms with E-state index in [9.17, 15) is 9.59 Å². The Labute approximate surface area is 169 Å². The van der Waals surface area contributed by atoms with Crippen LogP contribution in [0.5, 0.6) is 11.5 Å². The average Bonchev–Trinajstić information content (AvgIpc) is 3.02. The molecule has 1 N–H and O–H groups in total. The van der Waals surface area contributed by atoms with E-state index in [1.165, 1.54) is 0 Å². The van der Waals surface area contributed by atoms with Crippen LogP contribution < -0.4 is 14.8 Å². The number of fused-ring (bicyclic) bond motifs is 5. The molecule has 3 aliphatic rings. The minimum atomic E-state index is -0.992. The summed E-state index contributed by atoms with van der Waals surface area (Å²) in [5.74, 6) is 1.06. The Hall–Kier alpha value is -3.02. The van der Waals surface area contributed by atoms with Gasteiger partial charge < -0.3 is 19.7 Å². The van der Waals surface area contributed by atoms with Gasteiger partial charge in [-0.05, 0) is 37.6 Å². The largest absolute Gasteiger partial charge is 0.497 e. The maximum absolute atomic E-state index is 13.4. The average molecular weight is 392 g/mol. The Bertz CT molecular complexity index is 992. The fourth-order valence-corrected chi connectivity index (χ4v) is 5.45. The molecule has 0 unspecified atom stereocenters. The maximum Gasteiger partial charge on any atom is 0.247 e. The van der Waals surface area contributed by atoms with Crippen molar-refractivity contribution in [2.24, 2.45) is 5.92 Å². The van der Waals surface area contributed by atoms with E-state index in [2.05, 4.69) is 5.32 Å². The molecule has 2 saturated heterocycles. The zero-order valence-corrected chi connectivity index (χ0v) is 16.7. The first-order valence-corrected chi connectivity index (χ1v) is 9.96. The van der Waals surface area contributed by atoms with Crippen LogP contribution in [0.1, 0.15) is 36.9 Å². The summed E-state index contributed by atoms with van der Waals surface area (Å²) in [5, 5.41) is 2.90. The molecule has 5 rings (SSSR count). The van der Waals surface area contributed by atoms with Crippen molar-refractivity contribution in [3.8, 4) is 11.5 Å². The second kappa shape index (κ2) is 6.24. The summed E-state index contributed by atoms with van der Waals surface area (Å²) < 4.78 is 11.5. The van der Waals surface area contributed by atoms with Crippen LogP contribution in [0.2, 0.25) is 0 Å².